The molecule has 3 heterocycles. The Morgan fingerprint density at radius 3 is 2.62 bits per heavy atom. The summed E-state index contributed by atoms with van der Waals surface area (Å²) >= 11 is 0. The Hall–Kier alpha value is -3.03. The fraction of sp³-hybridized carbons (Fsp3) is 0.318. The fourth-order valence-corrected chi connectivity index (χ4v) is 3.72. The number of nitrogens with two attached hydrogens (primary N) is 1. The van der Waals surface area contributed by atoms with Crippen molar-refractivity contribution in [3.05, 3.63) is 48.5 Å². The lowest BCUT2D eigenvalue weighted by atomic mass is 10.1. The molecule has 0 bridgehead atoms. The van der Waals surface area contributed by atoms with Gasteiger partial charge in [-0.2, -0.15) is 5.10 Å². The Morgan fingerprint density at radius 1 is 1.00 bits per heavy atom. The first-order valence-corrected chi connectivity index (χ1v) is 9.90. The van der Waals surface area contributed by atoms with Crippen molar-refractivity contribution in [3.8, 4) is 34.0 Å². The SMILES string of the molecule is Nc1ccc(-c2cc(-c3ccc4c(c3)OCC(CN3CCOCC3)O4)[nH]n2)cc1. The smallest absolute Gasteiger partial charge is 0.162 e. The maximum atomic E-state index is 6.17. The number of nitrogen functional groups attached to an aromatic ring is 1. The molecule has 29 heavy (non-hydrogen) atoms. The summed E-state index contributed by atoms with van der Waals surface area (Å²) in [6.45, 7) is 4.87. The van der Waals surface area contributed by atoms with Crippen LogP contribution < -0.4 is 15.2 Å². The van der Waals surface area contributed by atoms with Crippen LogP contribution in [0.15, 0.2) is 48.5 Å². The molecule has 0 saturated carbocycles. The third-order valence-corrected chi connectivity index (χ3v) is 5.32. The third kappa shape index (κ3) is 3.92. The number of benzene rings is 2. The van der Waals surface area contributed by atoms with Crippen LogP contribution in [0.3, 0.4) is 0 Å². The molecule has 7 nitrogen and oxygen atoms in total. The van der Waals surface area contributed by atoms with Gasteiger partial charge in [0.25, 0.3) is 0 Å². The second kappa shape index (κ2) is 7.77. The van der Waals surface area contributed by atoms with Crippen LogP contribution in [0.4, 0.5) is 5.69 Å². The van der Waals surface area contributed by atoms with Gasteiger partial charge in [-0.15, -0.1) is 0 Å². The number of ether oxygens (including phenoxy) is 3. The number of H-pyrrole nitrogens is 1. The molecule has 0 radical (unpaired) electrons. The normalized spacial score (nSPS) is 19.2. The van der Waals surface area contributed by atoms with Crippen LogP contribution in [0.5, 0.6) is 11.5 Å². The van der Waals surface area contributed by atoms with Gasteiger partial charge in [-0.05, 0) is 36.4 Å². The minimum atomic E-state index is 0.0377. The molecule has 3 aromatic rings. The second-order valence-electron chi connectivity index (χ2n) is 7.41. The van der Waals surface area contributed by atoms with Gasteiger partial charge in [-0.3, -0.25) is 10.00 Å². The van der Waals surface area contributed by atoms with Crippen LogP contribution in [0.2, 0.25) is 0 Å². The fourth-order valence-electron chi connectivity index (χ4n) is 3.72. The van der Waals surface area contributed by atoms with Crippen LogP contribution in [0, 0.1) is 0 Å². The molecule has 5 rings (SSSR count). The Balaban J connectivity index is 1.30. The maximum Gasteiger partial charge on any atom is 0.162 e. The lowest BCUT2D eigenvalue weighted by molar-refractivity contribution is 0.00315. The molecule has 1 unspecified atom stereocenters. The highest BCUT2D eigenvalue weighted by atomic mass is 16.6. The average molecular weight is 392 g/mol. The summed E-state index contributed by atoms with van der Waals surface area (Å²) < 4.78 is 17.6. The molecule has 0 amide bonds. The molecule has 2 aliphatic heterocycles. The molecule has 1 saturated heterocycles. The maximum absolute atomic E-state index is 6.17. The highest BCUT2D eigenvalue weighted by Gasteiger charge is 2.24. The lowest BCUT2D eigenvalue weighted by Gasteiger charge is -2.33. The number of aromatic nitrogens is 2. The first kappa shape index (κ1) is 18.0. The Morgan fingerprint density at radius 2 is 1.79 bits per heavy atom. The van der Waals surface area contributed by atoms with Crippen molar-refractivity contribution in [1.29, 1.82) is 0 Å². The molecule has 0 aliphatic carbocycles. The van der Waals surface area contributed by atoms with E-state index in [0.717, 1.165) is 72.5 Å². The predicted octanol–water partition coefficient (Wildman–Crippen LogP) is 2.80. The molecule has 2 aliphatic rings. The van der Waals surface area contributed by atoms with E-state index in [1.807, 2.05) is 48.5 Å². The average Bonchev–Trinajstić information content (AvgIpc) is 3.25. The Bertz CT molecular complexity index is 980. The molecule has 0 spiro atoms. The van der Waals surface area contributed by atoms with Gasteiger partial charge >= 0.3 is 0 Å². The zero-order chi connectivity index (χ0) is 19.6. The first-order valence-electron chi connectivity index (χ1n) is 9.90. The van der Waals surface area contributed by atoms with Gasteiger partial charge in [0, 0.05) is 36.4 Å². The monoisotopic (exact) mass is 392 g/mol. The third-order valence-electron chi connectivity index (χ3n) is 5.32. The van der Waals surface area contributed by atoms with E-state index in [9.17, 15) is 0 Å². The number of aromatic amines is 1. The standard InChI is InChI=1S/C22H24N4O3/c23-17-4-1-15(2-5-17)19-12-20(25-24-19)16-3-6-21-22(11-16)28-14-18(29-21)13-26-7-9-27-10-8-26/h1-6,11-12,18H,7-10,13-14,23H2,(H,24,25). The molecule has 2 aromatic carbocycles. The minimum absolute atomic E-state index is 0.0377. The predicted molar refractivity (Wildman–Crippen MR) is 111 cm³/mol. The number of nitrogens with one attached hydrogen (secondary N) is 1. The minimum Gasteiger partial charge on any atom is -0.486 e. The molecular weight excluding hydrogens is 368 g/mol. The van der Waals surface area contributed by atoms with Crippen molar-refractivity contribution in [3.63, 3.8) is 0 Å². The topological polar surface area (TPSA) is 85.6 Å². The van der Waals surface area contributed by atoms with E-state index in [4.69, 9.17) is 19.9 Å². The zero-order valence-corrected chi connectivity index (χ0v) is 16.1. The van der Waals surface area contributed by atoms with E-state index >= 15 is 0 Å². The highest BCUT2D eigenvalue weighted by Crippen LogP contribution is 2.36. The van der Waals surface area contributed by atoms with Crippen LogP contribution >= 0.6 is 0 Å². The van der Waals surface area contributed by atoms with Crippen LogP contribution in [-0.2, 0) is 4.74 Å². The first-order chi connectivity index (χ1) is 14.2. The van der Waals surface area contributed by atoms with E-state index in [0.29, 0.717) is 6.61 Å². The number of hydrogen-bond donors (Lipinski definition) is 2. The van der Waals surface area contributed by atoms with Gasteiger partial charge in [0.15, 0.2) is 11.5 Å². The molecule has 1 fully saturated rings. The van der Waals surface area contributed by atoms with Crippen molar-refractivity contribution in [2.45, 2.75) is 6.10 Å². The van der Waals surface area contributed by atoms with Crippen molar-refractivity contribution < 1.29 is 14.2 Å². The quantitative estimate of drug-likeness (QED) is 0.664. The summed E-state index contributed by atoms with van der Waals surface area (Å²) in [5.41, 5.74) is 10.3. The number of rotatable bonds is 4. The molecular formula is C22H24N4O3. The van der Waals surface area contributed by atoms with E-state index in [2.05, 4.69) is 15.1 Å². The van der Waals surface area contributed by atoms with E-state index in [1.54, 1.807) is 0 Å². The number of anilines is 1. The van der Waals surface area contributed by atoms with E-state index in [1.165, 1.54) is 0 Å². The molecule has 1 atom stereocenters. The highest BCUT2D eigenvalue weighted by molar-refractivity contribution is 5.70. The number of nitrogens with zero attached hydrogens (tertiary/aromatic N) is 2. The number of morpholine rings is 1. The summed E-state index contributed by atoms with van der Waals surface area (Å²) in [6, 6.07) is 15.7. The van der Waals surface area contributed by atoms with Gasteiger partial charge in [-0.1, -0.05) is 12.1 Å². The van der Waals surface area contributed by atoms with Gasteiger partial charge in [0.1, 0.15) is 12.7 Å². The summed E-state index contributed by atoms with van der Waals surface area (Å²) in [6.07, 6.45) is 0.0377. The van der Waals surface area contributed by atoms with Crippen molar-refractivity contribution >= 4 is 5.69 Å². The Labute approximate surface area is 169 Å². The Kier molecular flexibility index (Phi) is 4.83. The van der Waals surface area contributed by atoms with E-state index in [-0.39, 0.29) is 6.10 Å². The molecule has 7 heteroatoms. The molecule has 3 N–H and O–H groups in total. The number of hydrogen-bond acceptors (Lipinski definition) is 6. The van der Waals surface area contributed by atoms with Gasteiger partial charge in [-0.25, -0.2) is 0 Å². The van der Waals surface area contributed by atoms with Gasteiger partial charge in [0.2, 0.25) is 0 Å². The summed E-state index contributed by atoms with van der Waals surface area (Å²) in [5.74, 6) is 1.56. The largest absolute Gasteiger partial charge is 0.486 e. The summed E-state index contributed by atoms with van der Waals surface area (Å²) in [5, 5.41) is 7.54. The van der Waals surface area contributed by atoms with Crippen molar-refractivity contribution in [2.75, 3.05) is 45.2 Å². The van der Waals surface area contributed by atoms with Gasteiger partial charge in [0.05, 0.1) is 24.6 Å². The van der Waals surface area contributed by atoms with Crippen molar-refractivity contribution in [1.82, 2.24) is 15.1 Å². The summed E-state index contributed by atoms with van der Waals surface area (Å²) in [4.78, 5) is 2.36. The zero-order valence-electron chi connectivity index (χ0n) is 16.1. The van der Waals surface area contributed by atoms with Crippen molar-refractivity contribution in [2.24, 2.45) is 0 Å². The number of fused-ring (bicyclic) bond motifs is 1. The van der Waals surface area contributed by atoms with Crippen LogP contribution in [-0.4, -0.2) is 60.7 Å². The van der Waals surface area contributed by atoms with Crippen LogP contribution in [0.1, 0.15) is 0 Å². The van der Waals surface area contributed by atoms with Gasteiger partial charge < -0.3 is 19.9 Å². The van der Waals surface area contributed by atoms with Crippen LogP contribution in [0.25, 0.3) is 22.5 Å². The molecule has 150 valence electrons. The second-order valence-corrected chi connectivity index (χ2v) is 7.41. The van der Waals surface area contributed by atoms with E-state index < -0.39 is 0 Å². The summed E-state index contributed by atoms with van der Waals surface area (Å²) in [7, 11) is 0. The lowest BCUT2D eigenvalue weighted by Crippen LogP contribution is -2.45. The molecule has 1 aromatic heterocycles.